The molecule has 20 heavy (non-hydrogen) atoms. The third-order valence-corrected chi connectivity index (χ3v) is 3.05. The van der Waals surface area contributed by atoms with Gasteiger partial charge < -0.3 is 15.2 Å². The van der Waals surface area contributed by atoms with Gasteiger partial charge in [0.05, 0.1) is 0 Å². The summed E-state index contributed by atoms with van der Waals surface area (Å²) in [6.07, 6.45) is -1.32. The van der Waals surface area contributed by atoms with Gasteiger partial charge in [-0.2, -0.15) is 0 Å². The van der Waals surface area contributed by atoms with Crippen molar-refractivity contribution in [3.05, 3.63) is 35.4 Å². The molecule has 0 saturated carbocycles. The highest BCUT2D eigenvalue weighted by molar-refractivity contribution is 5.82. The van der Waals surface area contributed by atoms with E-state index in [2.05, 4.69) is 5.32 Å². The number of ether oxygens (including phenoxy) is 1. The molecule has 0 aromatic heterocycles. The first-order valence-corrected chi connectivity index (χ1v) is 6.07. The Balaban J connectivity index is 1.90. The lowest BCUT2D eigenvalue weighted by Crippen LogP contribution is -2.35. The van der Waals surface area contributed by atoms with Crippen LogP contribution in [0.2, 0.25) is 0 Å². The van der Waals surface area contributed by atoms with Crippen LogP contribution in [0.3, 0.4) is 0 Å². The molecule has 1 heterocycles. The van der Waals surface area contributed by atoms with E-state index in [1.165, 1.54) is 0 Å². The molecule has 1 aliphatic rings. The molecule has 0 radical (unpaired) electrons. The van der Waals surface area contributed by atoms with E-state index in [-0.39, 0.29) is 24.9 Å². The number of carboxylic acid groups (broad SMARTS) is 1. The second-order valence-corrected chi connectivity index (χ2v) is 4.48. The number of aliphatic carboxylic acids is 1. The Kier molecular flexibility index (Phi) is 4.29. The van der Waals surface area contributed by atoms with Crippen molar-refractivity contribution in [2.45, 2.75) is 31.6 Å². The van der Waals surface area contributed by atoms with Crippen molar-refractivity contribution >= 4 is 11.9 Å². The molecule has 1 aliphatic heterocycles. The van der Waals surface area contributed by atoms with Gasteiger partial charge in [0, 0.05) is 12.1 Å². The fraction of sp³-hybridized carbons (Fsp3) is 0.385. The fourth-order valence-corrected chi connectivity index (χ4v) is 1.99. The molecule has 5 nitrogen and oxygen atoms in total. The summed E-state index contributed by atoms with van der Waals surface area (Å²) >= 11 is 0. The Labute approximate surface area is 113 Å². The number of halogens is 2. The van der Waals surface area contributed by atoms with Gasteiger partial charge in [0.15, 0.2) is 6.10 Å². The lowest BCUT2D eigenvalue weighted by molar-refractivity contribution is -0.151. The van der Waals surface area contributed by atoms with Crippen LogP contribution in [0, 0.1) is 11.6 Å². The molecule has 2 atom stereocenters. The van der Waals surface area contributed by atoms with Crippen molar-refractivity contribution in [1.82, 2.24) is 5.32 Å². The van der Waals surface area contributed by atoms with Crippen molar-refractivity contribution in [2.75, 3.05) is 0 Å². The van der Waals surface area contributed by atoms with Crippen LogP contribution in [-0.2, 0) is 20.9 Å². The van der Waals surface area contributed by atoms with E-state index in [4.69, 9.17) is 9.84 Å². The van der Waals surface area contributed by atoms with Crippen LogP contribution in [0.1, 0.15) is 18.4 Å². The lowest BCUT2D eigenvalue weighted by atomic mass is 10.1. The van der Waals surface area contributed by atoms with E-state index in [0.717, 1.165) is 18.2 Å². The molecular formula is C13H13F2NO4. The molecule has 2 N–H and O–H groups in total. The number of carbonyl (C=O) groups is 2. The summed E-state index contributed by atoms with van der Waals surface area (Å²) in [5.74, 6) is -2.87. The number of nitrogens with one attached hydrogen (secondary N) is 1. The summed E-state index contributed by atoms with van der Waals surface area (Å²) in [6.45, 7) is -0.181. The number of rotatable bonds is 4. The first kappa shape index (κ1) is 14.4. The van der Waals surface area contributed by atoms with Crippen LogP contribution in [0.15, 0.2) is 18.2 Å². The minimum Gasteiger partial charge on any atom is -0.479 e. The molecule has 0 bridgehead atoms. The first-order valence-electron chi connectivity index (χ1n) is 6.07. The third-order valence-electron chi connectivity index (χ3n) is 3.05. The van der Waals surface area contributed by atoms with Gasteiger partial charge in [-0.15, -0.1) is 0 Å². The largest absolute Gasteiger partial charge is 0.479 e. The molecule has 2 unspecified atom stereocenters. The molecule has 1 saturated heterocycles. The average molecular weight is 285 g/mol. The van der Waals surface area contributed by atoms with Gasteiger partial charge >= 0.3 is 5.97 Å². The maximum atomic E-state index is 13.3. The number of carbonyl (C=O) groups excluding carboxylic acids is 1. The highest BCUT2D eigenvalue weighted by Gasteiger charge is 2.34. The smallest absolute Gasteiger partial charge is 0.332 e. The normalized spacial score (nSPS) is 21.7. The highest BCUT2D eigenvalue weighted by atomic mass is 19.1. The second-order valence-electron chi connectivity index (χ2n) is 4.48. The van der Waals surface area contributed by atoms with Crippen molar-refractivity contribution in [2.24, 2.45) is 0 Å². The molecule has 0 spiro atoms. The molecule has 1 aromatic carbocycles. The maximum absolute atomic E-state index is 13.3. The molecule has 2 rings (SSSR count). The van der Waals surface area contributed by atoms with Gasteiger partial charge in [0.1, 0.15) is 17.7 Å². The standard InChI is InChI=1S/C13H13F2NO4/c14-8-1-2-9(15)7(5-8)6-16-12(17)10-3-4-11(20-10)13(18)19/h1-2,5,10-11H,3-4,6H2,(H,16,17)(H,18,19). The van der Waals surface area contributed by atoms with Gasteiger partial charge in [0.2, 0.25) is 5.91 Å². The summed E-state index contributed by atoms with van der Waals surface area (Å²) in [4.78, 5) is 22.4. The zero-order chi connectivity index (χ0) is 14.7. The molecule has 1 fully saturated rings. The van der Waals surface area contributed by atoms with Crippen molar-refractivity contribution < 1.29 is 28.2 Å². The summed E-state index contributed by atoms with van der Waals surface area (Å²) in [6, 6.07) is 2.95. The third kappa shape index (κ3) is 3.30. The van der Waals surface area contributed by atoms with Crippen LogP contribution in [0.25, 0.3) is 0 Å². The van der Waals surface area contributed by atoms with Crippen LogP contribution in [0.5, 0.6) is 0 Å². The van der Waals surface area contributed by atoms with Crippen LogP contribution < -0.4 is 5.32 Å². The minimum atomic E-state index is -1.11. The summed E-state index contributed by atoms with van der Waals surface area (Å²) in [5.41, 5.74) is 0.0196. The summed E-state index contributed by atoms with van der Waals surface area (Å²) in [7, 11) is 0. The second kappa shape index (κ2) is 5.96. The highest BCUT2D eigenvalue weighted by Crippen LogP contribution is 2.20. The zero-order valence-electron chi connectivity index (χ0n) is 10.4. The van der Waals surface area contributed by atoms with Gasteiger partial charge in [0.25, 0.3) is 0 Å². The van der Waals surface area contributed by atoms with Gasteiger partial charge in [-0.1, -0.05) is 0 Å². The van der Waals surface area contributed by atoms with Crippen molar-refractivity contribution in [3.8, 4) is 0 Å². The molecule has 0 aliphatic carbocycles. The number of hydrogen-bond acceptors (Lipinski definition) is 3. The Bertz CT molecular complexity index is 535. The van der Waals surface area contributed by atoms with Gasteiger partial charge in [-0.05, 0) is 31.0 Å². The van der Waals surface area contributed by atoms with E-state index in [9.17, 15) is 18.4 Å². The van der Waals surface area contributed by atoms with Crippen LogP contribution in [-0.4, -0.2) is 29.2 Å². The Morgan fingerprint density at radius 3 is 2.65 bits per heavy atom. The van der Waals surface area contributed by atoms with E-state index in [1.54, 1.807) is 0 Å². The maximum Gasteiger partial charge on any atom is 0.332 e. The van der Waals surface area contributed by atoms with Gasteiger partial charge in [-0.25, -0.2) is 13.6 Å². The fourth-order valence-electron chi connectivity index (χ4n) is 1.99. The lowest BCUT2D eigenvalue weighted by Gasteiger charge is -2.12. The summed E-state index contributed by atoms with van der Waals surface area (Å²) in [5, 5.41) is 11.1. The van der Waals surface area contributed by atoms with E-state index < -0.39 is 35.7 Å². The molecule has 7 heteroatoms. The van der Waals surface area contributed by atoms with Gasteiger partial charge in [-0.3, -0.25) is 4.79 Å². The van der Waals surface area contributed by atoms with Crippen molar-refractivity contribution in [3.63, 3.8) is 0 Å². The Hall–Kier alpha value is -2.02. The SMILES string of the molecule is O=C(O)C1CCC(C(=O)NCc2cc(F)ccc2F)O1. The van der Waals surface area contributed by atoms with Crippen molar-refractivity contribution in [1.29, 1.82) is 0 Å². The minimum absolute atomic E-state index is 0.0196. The van der Waals surface area contributed by atoms with Crippen LogP contribution in [0.4, 0.5) is 8.78 Å². The van der Waals surface area contributed by atoms with Crippen LogP contribution >= 0.6 is 0 Å². The van der Waals surface area contributed by atoms with E-state index in [0.29, 0.717) is 0 Å². The summed E-state index contributed by atoms with van der Waals surface area (Å²) < 4.78 is 31.3. The predicted molar refractivity (Wildman–Crippen MR) is 63.7 cm³/mol. The van der Waals surface area contributed by atoms with E-state index >= 15 is 0 Å². The Morgan fingerprint density at radius 2 is 2.00 bits per heavy atom. The first-order chi connectivity index (χ1) is 9.47. The van der Waals surface area contributed by atoms with E-state index in [1.807, 2.05) is 0 Å². The predicted octanol–water partition coefficient (Wildman–Crippen LogP) is 1.21. The molecule has 1 aromatic rings. The number of benzene rings is 1. The molecule has 1 amide bonds. The number of carboxylic acids is 1. The quantitative estimate of drug-likeness (QED) is 0.872. The number of hydrogen-bond donors (Lipinski definition) is 2. The Morgan fingerprint density at radius 1 is 1.30 bits per heavy atom. The molecular weight excluding hydrogens is 272 g/mol. The zero-order valence-corrected chi connectivity index (χ0v) is 10.4. The number of amides is 1. The monoisotopic (exact) mass is 285 g/mol. The molecule has 108 valence electrons. The topological polar surface area (TPSA) is 75.6 Å². The average Bonchev–Trinajstić information content (AvgIpc) is 2.89.